The number of hydrogen-bond acceptors (Lipinski definition) is 1. The van der Waals surface area contributed by atoms with Crippen molar-refractivity contribution >= 4 is 0 Å². The lowest BCUT2D eigenvalue weighted by molar-refractivity contribution is 0.210. The summed E-state index contributed by atoms with van der Waals surface area (Å²) in [6, 6.07) is 1.69. The van der Waals surface area contributed by atoms with Crippen molar-refractivity contribution in [2.75, 3.05) is 6.54 Å². The largest absolute Gasteiger partial charge is 0.298 e. The Balaban J connectivity index is 2.20. The van der Waals surface area contributed by atoms with E-state index < -0.39 is 0 Å². The van der Waals surface area contributed by atoms with Crippen molar-refractivity contribution in [2.24, 2.45) is 0 Å². The highest BCUT2D eigenvalue weighted by molar-refractivity contribution is 4.81. The molecule has 2 atom stereocenters. The lowest BCUT2D eigenvalue weighted by atomic mass is 10.2. The van der Waals surface area contributed by atoms with Gasteiger partial charge in [-0.15, -0.1) is 0 Å². The summed E-state index contributed by atoms with van der Waals surface area (Å²) in [4.78, 5) is 2.68. The molecule has 72 valence electrons. The average molecular weight is 169 g/mol. The van der Waals surface area contributed by atoms with Crippen LogP contribution in [-0.4, -0.2) is 23.5 Å². The third-order valence-corrected chi connectivity index (χ3v) is 3.15. The summed E-state index contributed by atoms with van der Waals surface area (Å²) in [5.74, 6) is 0. The molecular formula is C11H23N. The Morgan fingerprint density at radius 1 is 1.08 bits per heavy atom. The Morgan fingerprint density at radius 3 is 2.17 bits per heavy atom. The fraction of sp³-hybridized carbons (Fsp3) is 1.00. The third kappa shape index (κ3) is 2.48. The van der Waals surface area contributed by atoms with E-state index in [1.165, 1.54) is 38.6 Å². The van der Waals surface area contributed by atoms with Gasteiger partial charge in [0.05, 0.1) is 0 Å². The van der Waals surface area contributed by atoms with Gasteiger partial charge >= 0.3 is 0 Å². The number of nitrogens with zero attached hydrogens (tertiary/aromatic N) is 1. The molecule has 0 aromatic carbocycles. The number of unbranched alkanes of at least 4 members (excludes halogenated alkanes) is 2. The van der Waals surface area contributed by atoms with Gasteiger partial charge in [-0.05, 0) is 39.7 Å². The minimum Gasteiger partial charge on any atom is -0.298 e. The quantitative estimate of drug-likeness (QED) is 0.585. The first-order chi connectivity index (χ1) is 5.75. The predicted octanol–water partition coefficient (Wildman–Crippen LogP) is 3.05. The van der Waals surface area contributed by atoms with Gasteiger partial charge in [-0.1, -0.05) is 19.8 Å². The topological polar surface area (TPSA) is 3.24 Å². The maximum atomic E-state index is 2.68. The number of hydrogen-bond donors (Lipinski definition) is 0. The predicted molar refractivity (Wildman–Crippen MR) is 54.4 cm³/mol. The molecular weight excluding hydrogens is 146 g/mol. The molecule has 0 N–H and O–H groups in total. The molecule has 0 aliphatic carbocycles. The molecule has 0 aromatic rings. The third-order valence-electron chi connectivity index (χ3n) is 3.15. The zero-order valence-corrected chi connectivity index (χ0v) is 8.84. The van der Waals surface area contributed by atoms with E-state index in [4.69, 9.17) is 0 Å². The number of likely N-dealkylation sites (tertiary alicyclic amines) is 1. The van der Waals surface area contributed by atoms with Gasteiger partial charge in [0, 0.05) is 12.1 Å². The van der Waals surface area contributed by atoms with E-state index >= 15 is 0 Å². The van der Waals surface area contributed by atoms with Gasteiger partial charge in [-0.25, -0.2) is 0 Å². The fourth-order valence-electron chi connectivity index (χ4n) is 2.23. The van der Waals surface area contributed by atoms with Crippen LogP contribution in [0.4, 0.5) is 0 Å². The summed E-state index contributed by atoms with van der Waals surface area (Å²) >= 11 is 0. The fourth-order valence-corrected chi connectivity index (χ4v) is 2.23. The highest BCUT2D eigenvalue weighted by Crippen LogP contribution is 2.23. The first-order valence-corrected chi connectivity index (χ1v) is 5.51. The molecule has 0 radical (unpaired) electrons. The summed E-state index contributed by atoms with van der Waals surface area (Å²) in [7, 11) is 0. The molecule has 0 spiro atoms. The van der Waals surface area contributed by atoms with Crippen LogP contribution in [0.5, 0.6) is 0 Å². The molecule has 1 rings (SSSR count). The molecule has 1 heteroatoms. The SMILES string of the molecule is CCCCCN1C(C)CC[C@H]1C. The van der Waals surface area contributed by atoms with Crippen LogP contribution in [0.15, 0.2) is 0 Å². The Labute approximate surface area is 77.1 Å². The van der Waals surface area contributed by atoms with Gasteiger partial charge in [0.2, 0.25) is 0 Å². The van der Waals surface area contributed by atoms with Crippen molar-refractivity contribution in [1.82, 2.24) is 4.90 Å². The van der Waals surface area contributed by atoms with Crippen molar-refractivity contribution in [3.05, 3.63) is 0 Å². The van der Waals surface area contributed by atoms with E-state index in [0.717, 1.165) is 12.1 Å². The van der Waals surface area contributed by atoms with Crippen LogP contribution in [0, 0.1) is 0 Å². The Kier molecular flexibility index (Phi) is 4.07. The van der Waals surface area contributed by atoms with Gasteiger partial charge in [-0.3, -0.25) is 4.90 Å². The van der Waals surface area contributed by atoms with Gasteiger partial charge < -0.3 is 0 Å². The lowest BCUT2D eigenvalue weighted by Crippen LogP contribution is -2.33. The lowest BCUT2D eigenvalue weighted by Gasteiger charge is -2.25. The van der Waals surface area contributed by atoms with Crippen LogP contribution in [0.25, 0.3) is 0 Å². The van der Waals surface area contributed by atoms with Crippen molar-refractivity contribution in [1.29, 1.82) is 0 Å². The first-order valence-electron chi connectivity index (χ1n) is 5.51. The molecule has 1 aliphatic rings. The molecule has 12 heavy (non-hydrogen) atoms. The maximum absolute atomic E-state index is 2.68. The van der Waals surface area contributed by atoms with Gasteiger partial charge in [0.15, 0.2) is 0 Å². The number of rotatable bonds is 4. The maximum Gasteiger partial charge on any atom is 0.00703 e. The van der Waals surface area contributed by atoms with E-state index in [9.17, 15) is 0 Å². The second-order valence-electron chi connectivity index (χ2n) is 4.22. The van der Waals surface area contributed by atoms with E-state index in [2.05, 4.69) is 25.7 Å². The van der Waals surface area contributed by atoms with Crippen molar-refractivity contribution in [2.45, 2.75) is 65.0 Å². The van der Waals surface area contributed by atoms with E-state index in [1.54, 1.807) is 0 Å². The minimum atomic E-state index is 0.844. The van der Waals surface area contributed by atoms with Crippen LogP contribution in [0.3, 0.4) is 0 Å². The van der Waals surface area contributed by atoms with E-state index in [-0.39, 0.29) is 0 Å². The summed E-state index contributed by atoms with van der Waals surface area (Å²) < 4.78 is 0. The molecule has 0 saturated carbocycles. The van der Waals surface area contributed by atoms with Crippen molar-refractivity contribution < 1.29 is 0 Å². The monoisotopic (exact) mass is 169 g/mol. The molecule has 0 bridgehead atoms. The van der Waals surface area contributed by atoms with Gasteiger partial charge in [0.1, 0.15) is 0 Å². The minimum absolute atomic E-state index is 0.844. The van der Waals surface area contributed by atoms with Crippen molar-refractivity contribution in [3.8, 4) is 0 Å². The van der Waals surface area contributed by atoms with Gasteiger partial charge in [0.25, 0.3) is 0 Å². The second-order valence-corrected chi connectivity index (χ2v) is 4.22. The first kappa shape index (κ1) is 10.0. The highest BCUT2D eigenvalue weighted by Gasteiger charge is 2.25. The molecule has 1 aliphatic heterocycles. The Morgan fingerprint density at radius 2 is 1.67 bits per heavy atom. The summed E-state index contributed by atoms with van der Waals surface area (Å²) in [6.45, 7) is 8.35. The van der Waals surface area contributed by atoms with Crippen molar-refractivity contribution in [3.63, 3.8) is 0 Å². The standard InChI is InChI=1S/C11H23N/c1-4-5-6-9-12-10(2)7-8-11(12)3/h10-11H,4-9H2,1-3H3/t10-,11?/m1/s1. The van der Waals surface area contributed by atoms with E-state index in [1.807, 2.05) is 0 Å². The normalized spacial score (nSPS) is 31.2. The van der Waals surface area contributed by atoms with Crippen LogP contribution in [-0.2, 0) is 0 Å². The molecule has 0 aromatic heterocycles. The zero-order valence-electron chi connectivity index (χ0n) is 8.84. The highest BCUT2D eigenvalue weighted by atomic mass is 15.2. The summed E-state index contributed by atoms with van der Waals surface area (Å²) in [5, 5.41) is 0. The summed E-state index contributed by atoms with van der Waals surface area (Å²) in [6.07, 6.45) is 6.96. The molecule has 1 fully saturated rings. The molecule has 1 saturated heterocycles. The van der Waals surface area contributed by atoms with Gasteiger partial charge in [-0.2, -0.15) is 0 Å². The molecule has 0 amide bonds. The Bertz CT molecular complexity index is 112. The van der Waals surface area contributed by atoms with E-state index in [0.29, 0.717) is 0 Å². The zero-order chi connectivity index (χ0) is 8.97. The average Bonchev–Trinajstić information content (AvgIpc) is 2.35. The molecule has 1 heterocycles. The van der Waals surface area contributed by atoms with Crippen LogP contribution >= 0.6 is 0 Å². The smallest absolute Gasteiger partial charge is 0.00703 e. The summed E-state index contributed by atoms with van der Waals surface area (Å²) in [5.41, 5.74) is 0. The van der Waals surface area contributed by atoms with Crippen LogP contribution in [0.2, 0.25) is 0 Å². The Hall–Kier alpha value is -0.0400. The van der Waals surface area contributed by atoms with Crippen LogP contribution in [0.1, 0.15) is 52.9 Å². The molecule has 1 unspecified atom stereocenters. The van der Waals surface area contributed by atoms with Crippen LogP contribution < -0.4 is 0 Å². The second kappa shape index (κ2) is 4.86. The molecule has 1 nitrogen and oxygen atoms in total.